The summed E-state index contributed by atoms with van der Waals surface area (Å²) >= 11 is 2.12. The number of thioether (sulfide) groups is 1. The molecule has 0 aromatic heterocycles. The molecular weight excluding hydrogens is 268 g/mol. The molecule has 2 aliphatic rings. The van der Waals surface area contributed by atoms with E-state index in [1.165, 1.54) is 25.9 Å². The fourth-order valence-electron chi connectivity index (χ4n) is 3.21. The fraction of sp³-hybridized carbons (Fsp3) is 1.00. The van der Waals surface area contributed by atoms with Crippen LogP contribution in [-0.2, 0) is 4.74 Å². The zero-order chi connectivity index (χ0) is 14.8. The van der Waals surface area contributed by atoms with Crippen LogP contribution in [0.25, 0.3) is 0 Å². The molecule has 2 fully saturated rings. The van der Waals surface area contributed by atoms with Crippen molar-refractivity contribution in [1.29, 1.82) is 0 Å². The van der Waals surface area contributed by atoms with Crippen LogP contribution in [0.5, 0.6) is 0 Å². The molecule has 4 unspecified atom stereocenters. The summed E-state index contributed by atoms with van der Waals surface area (Å²) in [7, 11) is 0. The van der Waals surface area contributed by atoms with Gasteiger partial charge in [0.05, 0.1) is 12.2 Å². The first kappa shape index (κ1) is 16.6. The maximum Gasteiger partial charge on any atom is 0.0707 e. The number of hydrogen-bond acceptors (Lipinski definition) is 4. The predicted molar refractivity (Wildman–Crippen MR) is 88.6 cm³/mol. The summed E-state index contributed by atoms with van der Waals surface area (Å²) in [6.07, 6.45) is 3.29. The molecule has 0 amide bonds. The molecule has 4 heteroatoms. The highest BCUT2D eigenvalue weighted by atomic mass is 32.2. The first-order valence-corrected chi connectivity index (χ1v) is 9.04. The van der Waals surface area contributed by atoms with Crippen molar-refractivity contribution in [2.24, 2.45) is 0 Å². The van der Waals surface area contributed by atoms with E-state index in [1.807, 2.05) is 0 Å². The van der Waals surface area contributed by atoms with E-state index in [9.17, 15) is 0 Å². The highest BCUT2D eigenvalue weighted by Crippen LogP contribution is 2.27. The summed E-state index contributed by atoms with van der Waals surface area (Å²) in [6.45, 7) is 15.9. The highest BCUT2D eigenvalue weighted by Gasteiger charge is 2.30. The summed E-state index contributed by atoms with van der Waals surface area (Å²) in [5, 5.41) is 5.09. The molecule has 3 nitrogen and oxygen atoms in total. The molecule has 0 radical (unpaired) electrons. The van der Waals surface area contributed by atoms with Crippen molar-refractivity contribution in [1.82, 2.24) is 10.2 Å². The van der Waals surface area contributed by atoms with Crippen molar-refractivity contribution in [3.63, 3.8) is 0 Å². The largest absolute Gasteiger partial charge is 0.372 e. The molecule has 0 spiro atoms. The standard InChI is InChI=1S/C16H32N2OS/c1-12-9-18(10-13(2)20-12)11-15-7-6-14(19-15)8-17-16(3,4)5/h12-15,17H,6-11H2,1-5H3. The predicted octanol–water partition coefficient (Wildman–Crippen LogP) is 2.75. The van der Waals surface area contributed by atoms with Crippen LogP contribution in [-0.4, -0.2) is 59.3 Å². The van der Waals surface area contributed by atoms with Crippen molar-refractivity contribution in [2.45, 2.75) is 75.7 Å². The third kappa shape index (κ3) is 5.55. The lowest BCUT2D eigenvalue weighted by molar-refractivity contribution is 0.0206. The van der Waals surface area contributed by atoms with Crippen LogP contribution in [0.1, 0.15) is 47.5 Å². The summed E-state index contributed by atoms with van der Waals surface area (Å²) in [5.74, 6) is 0. The van der Waals surface area contributed by atoms with Crippen molar-refractivity contribution in [3.8, 4) is 0 Å². The summed E-state index contributed by atoms with van der Waals surface area (Å²) < 4.78 is 6.22. The first-order valence-electron chi connectivity index (χ1n) is 8.10. The molecule has 2 saturated heterocycles. The van der Waals surface area contributed by atoms with E-state index in [-0.39, 0.29) is 5.54 Å². The minimum Gasteiger partial charge on any atom is -0.372 e. The average molecular weight is 301 g/mol. The van der Waals surface area contributed by atoms with E-state index < -0.39 is 0 Å². The molecule has 0 aliphatic carbocycles. The van der Waals surface area contributed by atoms with Gasteiger partial charge in [0, 0.05) is 42.2 Å². The van der Waals surface area contributed by atoms with Gasteiger partial charge in [-0.05, 0) is 33.6 Å². The van der Waals surface area contributed by atoms with Gasteiger partial charge < -0.3 is 10.1 Å². The second-order valence-electron chi connectivity index (χ2n) is 7.56. The van der Waals surface area contributed by atoms with E-state index in [2.05, 4.69) is 56.6 Å². The Kier molecular flexibility index (Phi) is 5.80. The molecule has 2 rings (SSSR count). The van der Waals surface area contributed by atoms with Gasteiger partial charge in [-0.25, -0.2) is 0 Å². The molecule has 0 bridgehead atoms. The average Bonchev–Trinajstić information content (AvgIpc) is 2.72. The van der Waals surface area contributed by atoms with Crippen LogP contribution < -0.4 is 5.32 Å². The normalized spacial score (nSPS) is 36.5. The van der Waals surface area contributed by atoms with Crippen LogP contribution in [0.2, 0.25) is 0 Å². The molecular formula is C16H32N2OS. The van der Waals surface area contributed by atoms with Crippen LogP contribution in [0.4, 0.5) is 0 Å². The minimum absolute atomic E-state index is 0.191. The molecule has 0 aromatic rings. The summed E-state index contributed by atoms with van der Waals surface area (Å²) in [6, 6.07) is 0. The molecule has 4 atom stereocenters. The number of nitrogens with one attached hydrogen (secondary N) is 1. The van der Waals surface area contributed by atoms with Crippen molar-refractivity contribution in [2.75, 3.05) is 26.2 Å². The number of nitrogens with zero attached hydrogens (tertiary/aromatic N) is 1. The lowest BCUT2D eigenvalue weighted by atomic mass is 10.1. The Labute approximate surface area is 129 Å². The van der Waals surface area contributed by atoms with Gasteiger partial charge >= 0.3 is 0 Å². The summed E-state index contributed by atoms with van der Waals surface area (Å²) in [5.41, 5.74) is 0.191. The quantitative estimate of drug-likeness (QED) is 0.863. The Hall–Kier alpha value is 0.230. The zero-order valence-corrected chi connectivity index (χ0v) is 14.6. The topological polar surface area (TPSA) is 24.5 Å². The Balaban J connectivity index is 1.70. The van der Waals surface area contributed by atoms with Crippen LogP contribution in [0, 0.1) is 0 Å². The Morgan fingerprint density at radius 2 is 1.70 bits per heavy atom. The number of ether oxygens (including phenoxy) is 1. The second-order valence-corrected chi connectivity index (χ2v) is 9.45. The Bertz CT molecular complexity index is 295. The second kappa shape index (κ2) is 6.99. The van der Waals surface area contributed by atoms with Gasteiger partial charge in [0.15, 0.2) is 0 Å². The van der Waals surface area contributed by atoms with E-state index >= 15 is 0 Å². The van der Waals surface area contributed by atoms with E-state index in [0.717, 1.165) is 23.6 Å². The van der Waals surface area contributed by atoms with E-state index in [0.29, 0.717) is 12.2 Å². The Morgan fingerprint density at radius 1 is 1.10 bits per heavy atom. The maximum atomic E-state index is 6.22. The van der Waals surface area contributed by atoms with E-state index in [4.69, 9.17) is 4.74 Å². The first-order chi connectivity index (χ1) is 9.32. The third-order valence-corrected chi connectivity index (χ3v) is 5.24. The number of rotatable bonds is 4. The highest BCUT2D eigenvalue weighted by molar-refractivity contribution is 8.00. The maximum absolute atomic E-state index is 6.22. The van der Waals surface area contributed by atoms with Gasteiger partial charge in [-0.1, -0.05) is 13.8 Å². The monoisotopic (exact) mass is 300 g/mol. The smallest absolute Gasteiger partial charge is 0.0707 e. The van der Waals surface area contributed by atoms with Gasteiger partial charge in [0.25, 0.3) is 0 Å². The fourth-order valence-corrected chi connectivity index (χ4v) is 4.59. The molecule has 2 aliphatic heterocycles. The van der Waals surface area contributed by atoms with Gasteiger partial charge in [-0.3, -0.25) is 4.90 Å². The summed E-state index contributed by atoms with van der Waals surface area (Å²) in [4.78, 5) is 2.61. The van der Waals surface area contributed by atoms with Crippen molar-refractivity contribution >= 4 is 11.8 Å². The van der Waals surface area contributed by atoms with Gasteiger partial charge in [0.2, 0.25) is 0 Å². The molecule has 0 saturated carbocycles. The lowest BCUT2D eigenvalue weighted by Gasteiger charge is -2.35. The molecule has 2 heterocycles. The van der Waals surface area contributed by atoms with Crippen LogP contribution in [0.15, 0.2) is 0 Å². The van der Waals surface area contributed by atoms with E-state index in [1.54, 1.807) is 0 Å². The molecule has 1 N–H and O–H groups in total. The lowest BCUT2D eigenvalue weighted by Crippen LogP contribution is -2.44. The number of hydrogen-bond donors (Lipinski definition) is 1. The molecule has 0 aromatic carbocycles. The SMILES string of the molecule is CC1CN(CC2CCC(CNC(C)(C)C)O2)CC(C)S1. The van der Waals surface area contributed by atoms with Crippen LogP contribution in [0.3, 0.4) is 0 Å². The minimum atomic E-state index is 0.191. The molecule has 20 heavy (non-hydrogen) atoms. The van der Waals surface area contributed by atoms with Crippen molar-refractivity contribution < 1.29 is 4.74 Å². The van der Waals surface area contributed by atoms with Gasteiger partial charge in [-0.2, -0.15) is 11.8 Å². The van der Waals surface area contributed by atoms with Crippen LogP contribution >= 0.6 is 11.8 Å². The van der Waals surface area contributed by atoms with Crippen molar-refractivity contribution in [3.05, 3.63) is 0 Å². The van der Waals surface area contributed by atoms with Gasteiger partial charge in [-0.15, -0.1) is 0 Å². The third-order valence-electron chi connectivity index (χ3n) is 4.01. The Morgan fingerprint density at radius 3 is 2.30 bits per heavy atom. The van der Waals surface area contributed by atoms with Gasteiger partial charge in [0.1, 0.15) is 0 Å². The molecule has 118 valence electrons. The zero-order valence-electron chi connectivity index (χ0n) is 13.8.